The summed E-state index contributed by atoms with van der Waals surface area (Å²) >= 11 is 0. The van der Waals surface area contributed by atoms with Crippen LogP contribution in [-0.4, -0.2) is 57.3 Å². The first-order chi connectivity index (χ1) is 16.0. The summed E-state index contributed by atoms with van der Waals surface area (Å²) in [5.41, 5.74) is 0.0719. The highest BCUT2D eigenvalue weighted by molar-refractivity contribution is 5.68. The largest absolute Gasteiger partial charge is 0.459 e. The van der Waals surface area contributed by atoms with Gasteiger partial charge in [-0.3, -0.25) is 19.2 Å². The molecule has 0 saturated heterocycles. The summed E-state index contributed by atoms with van der Waals surface area (Å²) in [7, 11) is 0. The zero-order chi connectivity index (χ0) is 25.4. The Morgan fingerprint density at radius 2 is 1.56 bits per heavy atom. The molecule has 34 heavy (non-hydrogen) atoms. The van der Waals surface area contributed by atoms with Crippen LogP contribution in [0.1, 0.15) is 70.6 Å². The van der Waals surface area contributed by atoms with Crippen molar-refractivity contribution in [2.24, 2.45) is 0 Å². The first-order valence-corrected chi connectivity index (χ1v) is 10.2. The molecule has 2 aromatic heterocycles. The predicted octanol–water partition coefficient (Wildman–Crippen LogP) is 1.55. The first-order valence-electron chi connectivity index (χ1n) is 10.2. The molecule has 0 spiro atoms. The zero-order valence-electron chi connectivity index (χ0n) is 19.3. The molecule has 0 bridgehead atoms. The second kappa shape index (κ2) is 11.9. The molecule has 13 heteroatoms. The van der Waals surface area contributed by atoms with Crippen molar-refractivity contribution in [1.29, 1.82) is 0 Å². The number of carbonyl (C=O) groups excluding carboxylic acids is 4. The van der Waals surface area contributed by atoms with Gasteiger partial charge < -0.3 is 32.9 Å². The predicted molar refractivity (Wildman–Crippen MR) is 109 cm³/mol. The normalized spacial score (nSPS) is 15.4. The highest BCUT2D eigenvalue weighted by Gasteiger charge is 2.38. The van der Waals surface area contributed by atoms with Crippen molar-refractivity contribution in [3.05, 3.63) is 36.2 Å². The van der Waals surface area contributed by atoms with Crippen molar-refractivity contribution in [3.8, 4) is 0 Å². The van der Waals surface area contributed by atoms with E-state index in [1.807, 2.05) is 0 Å². The van der Waals surface area contributed by atoms with Crippen LogP contribution in [0.3, 0.4) is 0 Å². The summed E-state index contributed by atoms with van der Waals surface area (Å²) in [6.45, 7) is 6.05. The fraction of sp³-hybridized carbons (Fsp3) is 0.524. The van der Waals surface area contributed by atoms with Crippen LogP contribution in [0, 0.1) is 0 Å². The van der Waals surface area contributed by atoms with Gasteiger partial charge in [-0.1, -0.05) is 0 Å². The number of nitrogens with zero attached hydrogens (tertiary/aromatic N) is 2. The Hall–Kier alpha value is -3.74. The SMILES string of the molecule is CC(=O)OC(CC(OC(C)=O)C(OC(C)=O)C(C)OC(C)=O)c1coc(C(O)c2cnco2)n1. The summed E-state index contributed by atoms with van der Waals surface area (Å²) in [6.07, 6.45) is -2.68. The number of carbonyl (C=O) groups is 4. The van der Waals surface area contributed by atoms with Gasteiger partial charge in [-0.15, -0.1) is 0 Å². The quantitative estimate of drug-likeness (QED) is 0.360. The van der Waals surface area contributed by atoms with Gasteiger partial charge in [0.15, 0.2) is 30.5 Å². The fourth-order valence-corrected chi connectivity index (χ4v) is 3.15. The maximum Gasteiger partial charge on any atom is 0.303 e. The number of oxazole rings is 2. The van der Waals surface area contributed by atoms with Gasteiger partial charge in [-0.05, 0) is 6.92 Å². The topological polar surface area (TPSA) is 177 Å². The van der Waals surface area contributed by atoms with Gasteiger partial charge in [0, 0.05) is 34.1 Å². The maximum absolute atomic E-state index is 11.8. The smallest absolute Gasteiger partial charge is 0.303 e. The minimum Gasteiger partial charge on any atom is -0.459 e. The van der Waals surface area contributed by atoms with Crippen molar-refractivity contribution in [1.82, 2.24) is 9.97 Å². The number of esters is 4. The van der Waals surface area contributed by atoms with E-state index in [0.717, 1.165) is 33.4 Å². The average molecular weight is 482 g/mol. The van der Waals surface area contributed by atoms with Crippen LogP contribution in [0.25, 0.3) is 0 Å². The summed E-state index contributed by atoms with van der Waals surface area (Å²) in [5, 5.41) is 10.3. The molecule has 2 aromatic rings. The minimum atomic E-state index is -1.38. The van der Waals surface area contributed by atoms with E-state index >= 15 is 0 Å². The van der Waals surface area contributed by atoms with Crippen molar-refractivity contribution in [2.75, 3.05) is 0 Å². The molecule has 5 atom stereocenters. The lowest BCUT2D eigenvalue weighted by Crippen LogP contribution is -2.44. The van der Waals surface area contributed by atoms with Crippen molar-refractivity contribution >= 4 is 23.9 Å². The number of rotatable bonds is 11. The Balaban J connectivity index is 2.36. The van der Waals surface area contributed by atoms with Gasteiger partial charge in [0.05, 0.1) is 6.20 Å². The summed E-state index contributed by atoms with van der Waals surface area (Å²) < 4.78 is 31.4. The Morgan fingerprint density at radius 3 is 2.09 bits per heavy atom. The monoisotopic (exact) mass is 482 g/mol. The van der Waals surface area contributed by atoms with E-state index in [1.54, 1.807) is 0 Å². The van der Waals surface area contributed by atoms with Gasteiger partial charge in [0.25, 0.3) is 0 Å². The second-order valence-electron chi connectivity index (χ2n) is 7.29. The van der Waals surface area contributed by atoms with E-state index in [9.17, 15) is 24.3 Å². The second-order valence-corrected chi connectivity index (χ2v) is 7.29. The van der Waals surface area contributed by atoms with Crippen LogP contribution in [-0.2, 0) is 38.1 Å². The van der Waals surface area contributed by atoms with E-state index in [1.165, 1.54) is 20.0 Å². The summed E-state index contributed by atoms with van der Waals surface area (Å²) in [6, 6.07) is 0. The molecule has 2 heterocycles. The molecule has 1 N–H and O–H groups in total. The lowest BCUT2D eigenvalue weighted by molar-refractivity contribution is -0.185. The molecule has 186 valence electrons. The first kappa shape index (κ1) is 26.5. The number of aliphatic hydroxyl groups excluding tert-OH is 1. The van der Waals surface area contributed by atoms with Crippen LogP contribution >= 0.6 is 0 Å². The van der Waals surface area contributed by atoms with Crippen LogP contribution in [0.2, 0.25) is 0 Å². The highest BCUT2D eigenvalue weighted by atomic mass is 16.6. The third-order valence-electron chi connectivity index (χ3n) is 4.38. The van der Waals surface area contributed by atoms with Gasteiger partial charge in [0.2, 0.25) is 5.89 Å². The van der Waals surface area contributed by atoms with Gasteiger partial charge in [0.1, 0.15) is 24.2 Å². The number of hydrogen-bond donors (Lipinski definition) is 1. The number of aliphatic hydroxyl groups is 1. The zero-order valence-corrected chi connectivity index (χ0v) is 19.3. The van der Waals surface area contributed by atoms with Crippen molar-refractivity contribution in [2.45, 2.75) is 71.6 Å². The molecule has 0 aliphatic carbocycles. The molecule has 0 amide bonds. The van der Waals surface area contributed by atoms with E-state index in [0.29, 0.717) is 0 Å². The third-order valence-corrected chi connectivity index (χ3v) is 4.38. The molecule has 0 radical (unpaired) electrons. The minimum absolute atomic E-state index is 0.0698. The molecule has 0 aromatic carbocycles. The van der Waals surface area contributed by atoms with Crippen LogP contribution in [0.4, 0.5) is 0 Å². The molecular weight excluding hydrogens is 456 g/mol. The van der Waals surface area contributed by atoms with Crippen LogP contribution < -0.4 is 0 Å². The van der Waals surface area contributed by atoms with E-state index in [-0.39, 0.29) is 23.8 Å². The molecule has 0 aliphatic heterocycles. The standard InChI is InChI=1S/C21H26N2O11/c1-10(31-11(2)24)20(34-14(5)27)17(33-13(4)26)6-16(32-12(3)25)15-8-29-21(23-15)19(28)18-7-22-9-30-18/h7-10,16-17,19-20,28H,6H2,1-5H3. The Labute approximate surface area is 194 Å². The van der Waals surface area contributed by atoms with Crippen LogP contribution in [0.15, 0.2) is 27.7 Å². The Kier molecular flexibility index (Phi) is 9.30. The van der Waals surface area contributed by atoms with Gasteiger partial charge in [-0.25, -0.2) is 9.97 Å². The Bertz CT molecular complexity index is 985. The fourth-order valence-electron chi connectivity index (χ4n) is 3.15. The molecule has 5 unspecified atom stereocenters. The molecular formula is C21H26N2O11. The van der Waals surface area contributed by atoms with Crippen molar-refractivity contribution < 1.29 is 52.1 Å². The van der Waals surface area contributed by atoms with Gasteiger partial charge >= 0.3 is 23.9 Å². The van der Waals surface area contributed by atoms with Gasteiger partial charge in [-0.2, -0.15) is 0 Å². The lowest BCUT2D eigenvalue weighted by atomic mass is 10.0. The third kappa shape index (κ3) is 7.69. The van der Waals surface area contributed by atoms with Crippen molar-refractivity contribution in [3.63, 3.8) is 0 Å². The maximum atomic E-state index is 11.8. The van der Waals surface area contributed by atoms with Crippen LogP contribution in [0.5, 0.6) is 0 Å². The molecule has 0 fully saturated rings. The van der Waals surface area contributed by atoms with E-state index in [4.69, 9.17) is 27.8 Å². The Morgan fingerprint density at radius 1 is 0.941 bits per heavy atom. The highest BCUT2D eigenvalue weighted by Crippen LogP contribution is 2.30. The number of hydrogen-bond acceptors (Lipinski definition) is 13. The average Bonchev–Trinajstić information content (AvgIpc) is 3.41. The molecule has 2 rings (SSSR count). The summed E-state index contributed by atoms with van der Waals surface area (Å²) in [5.74, 6) is -2.88. The number of aromatic nitrogens is 2. The van der Waals surface area contributed by atoms with E-state index < -0.39 is 54.4 Å². The molecule has 13 nitrogen and oxygen atoms in total. The summed E-state index contributed by atoms with van der Waals surface area (Å²) in [4.78, 5) is 54.6. The lowest BCUT2D eigenvalue weighted by Gasteiger charge is -2.31. The number of ether oxygens (including phenoxy) is 4. The molecule has 0 saturated carbocycles. The van der Waals surface area contributed by atoms with E-state index in [2.05, 4.69) is 9.97 Å². The molecule has 0 aliphatic rings.